The highest BCUT2D eigenvalue weighted by Gasteiger charge is 2.18. The lowest BCUT2D eigenvalue weighted by molar-refractivity contribution is -0.130. The molecule has 0 radical (unpaired) electrons. The molecule has 3 aromatic carbocycles. The highest BCUT2D eigenvalue weighted by molar-refractivity contribution is 5.83. The fourth-order valence-electron chi connectivity index (χ4n) is 3.09. The maximum atomic E-state index is 12.5. The first-order chi connectivity index (χ1) is 14.7. The van der Waals surface area contributed by atoms with Crippen LogP contribution in [-0.4, -0.2) is 25.5 Å². The number of hydrogen-bond acceptors (Lipinski definition) is 4. The monoisotopic (exact) mass is 404 g/mol. The van der Waals surface area contributed by atoms with Gasteiger partial charge in [0.1, 0.15) is 0 Å². The van der Waals surface area contributed by atoms with Crippen LogP contribution in [0.4, 0.5) is 0 Å². The average molecular weight is 404 g/mol. The van der Waals surface area contributed by atoms with E-state index in [0.717, 1.165) is 11.1 Å². The van der Waals surface area contributed by atoms with Gasteiger partial charge in [0, 0.05) is 12.3 Å². The molecule has 0 fully saturated rings. The zero-order valence-electron chi connectivity index (χ0n) is 16.7. The van der Waals surface area contributed by atoms with Crippen LogP contribution in [0.3, 0.4) is 0 Å². The van der Waals surface area contributed by atoms with Gasteiger partial charge in [0.2, 0.25) is 5.91 Å². The normalized spacial score (nSPS) is 10.3. The van der Waals surface area contributed by atoms with E-state index in [9.17, 15) is 9.59 Å². The highest BCUT2D eigenvalue weighted by atomic mass is 16.5. The smallest absolute Gasteiger partial charge is 0.276 e. The van der Waals surface area contributed by atoms with Crippen LogP contribution in [0.2, 0.25) is 0 Å². The topological polar surface area (TPSA) is 76.7 Å². The first-order valence-electron chi connectivity index (χ1n) is 9.60. The number of methoxy groups -OCH3 is 1. The summed E-state index contributed by atoms with van der Waals surface area (Å²) < 4.78 is 10.6. The predicted octanol–water partition coefficient (Wildman–Crippen LogP) is 3.44. The lowest BCUT2D eigenvalue weighted by Gasteiger charge is -2.18. The van der Waals surface area contributed by atoms with E-state index in [4.69, 9.17) is 9.47 Å². The zero-order chi connectivity index (χ0) is 21.2. The van der Waals surface area contributed by atoms with Crippen LogP contribution in [0.15, 0.2) is 84.9 Å². The van der Waals surface area contributed by atoms with Gasteiger partial charge in [-0.2, -0.15) is 0 Å². The van der Waals surface area contributed by atoms with E-state index in [0.29, 0.717) is 11.5 Å². The lowest BCUT2D eigenvalue weighted by atomic mass is 9.88. The Hall–Kier alpha value is -3.80. The Kier molecular flexibility index (Phi) is 7.44. The third-order valence-corrected chi connectivity index (χ3v) is 4.56. The van der Waals surface area contributed by atoms with Gasteiger partial charge in [0.15, 0.2) is 18.1 Å². The number of hydrogen-bond donors (Lipinski definition) is 2. The minimum atomic E-state index is -0.467. The number of hydrazine groups is 1. The minimum Gasteiger partial charge on any atom is -0.493 e. The number of benzene rings is 3. The Morgan fingerprint density at radius 1 is 0.733 bits per heavy atom. The molecule has 2 amide bonds. The lowest BCUT2D eigenvalue weighted by Crippen LogP contribution is -2.44. The van der Waals surface area contributed by atoms with Crippen molar-refractivity contribution in [1.82, 2.24) is 10.9 Å². The molecule has 0 aliphatic heterocycles. The van der Waals surface area contributed by atoms with Crippen molar-refractivity contribution in [3.05, 3.63) is 96.1 Å². The molecule has 0 aliphatic carbocycles. The molecule has 2 N–H and O–H groups in total. The largest absolute Gasteiger partial charge is 0.493 e. The third kappa shape index (κ3) is 5.85. The first-order valence-corrected chi connectivity index (χ1v) is 9.60. The van der Waals surface area contributed by atoms with Crippen molar-refractivity contribution in [3.63, 3.8) is 0 Å². The molecule has 0 saturated carbocycles. The second-order valence-corrected chi connectivity index (χ2v) is 6.61. The van der Waals surface area contributed by atoms with Crippen molar-refractivity contribution in [2.75, 3.05) is 13.7 Å². The molecule has 154 valence electrons. The molecule has 3 rings (SSSR count). The van der Waals surface area contributed by atoms with Gasteiger partial charge < -0.3 is 9.47 Å². The molecule has 30 heavy (non-hydrogen) atoms. The van der Waals surface area contributed by atoms with Crippen LogP contribution in [0, 0.1) is 0 Å². The van der Waals surface area contributed by atoms with Gasteiger partial charge in [0.05, 0.1) is 7.11 Å². The second kappa shape index (κ2) is 10.7. The maximum Gasteiger partial charge on any atom is 0.276 e. The molecule has 0 saturated heterocycles. The second-order valence-electron chi connectivity index (χ2n) is 6.61. The Morgan fingerprint density at radius 2 is 1.23 bits per heavy atom. The molecule has 0 heterocycles. The zero-order valence-corrected chi connectivity index (χ0v) is 16.7. The quantitative estimate of drug-likeness (QED) is 0.564. The van der Waals surface area contributed by atoms with Crippen LogP contribution in [0.5, 0.6) is 11.5 Å². The molecule has 6 nitrogen and oxygen atoms in total. The average Bonchev–Trinajstić information content (AvgIpc) is 2.81. The van der Waals surface area contributed by atoms with Gasteiger partial charge >= 0.3 is 0 Å². The summed E-state index contributed by atoms with van der Waals surface area (Å²) in [5.74, 6) is 0.107. The van der Waals surface area contributed by atoms with E-state index in [-0.39, 0.29) is 24.9 Å². The Morgan fingerprint density at radius 3 is 1.80 bits per heavy atom. The number of rotatable bonds is 8. The molecule has 0 aliphatic rings. The van der Waals surface area contributed by atoms with Crippen LogP contribution < -0.4 is 20.3 Å². The summed E-state index contributed by atoms with van der Waals surface area (Å²) in [7, 11) is 1.53. The standard InChI is InChI=1S/C24H24N2O4/c1-29-21-14-8-9-15-22(21)30-17-24(28)26-25-23(27)16-20(18-10-4-2-5-11-18)19-12-6-3-7-13-19/h2-15,20H,16-17H2,1H3,(H,25,27)(H,26,28). The van der Waals surface area contributed by atoms with Crippen molar-refractivity contribution in [2.45, 2.75) is 12.3 Å². The van der Waals surface area contributed by atoms with Gasteiger partial charge in [-0.3, -0.25) is 20.4 Å². The highest BCUT2D eigenvalue weighted by Crippen LogP contribution is 2.28. The molecule has 6 heteroatoms. The maximum absolute atomic E-state index is 12.5. The molecule has 0 aromatic heterocycles. The summed E-state index contributed by atoms with van der Waals surface area (Å²) in [5.41, 5.74) is 6.93. The van der Waals surface area contributed by atoms with Crippen LogP contribution in [0.1, 0.15) is 23.5 Å². The van der Waals surface area contributed by atoms with E-state index in [1.807, 2.05) is 66.7 Å². The summed E-state index contributed by atoms with van der Waals surface area (Å²) >= 11 is 0. The Balaban J connectivity index is 1.55. The van der Waals surface area contributed by atoms with E-state index < -0.39 is 5.91 Å². The molecule has 0 atom stereocenters. The van der Waals surface area contributed by atoms with Crippen molar-refractivity contribution in [3.8, 4) is 11.5 Å². The minimum absolute atomic E-state index is 0.117. The van der Waals surface area contributed by atoms with Gasteiger partial charge in [-0.15, -0.1) is 0 Å². The fraction of sp³-hybridized carbons (Fsp3) is 0.167. The number of para-hydroxylation sites is 2. The Labute approximate surface area is 175 Å². The fourth-order valence-corrected chi connectivity index (χ4v) is 3.09. The van der Waals surface area contributed by atoms with Crippen molar-refractivity contribution in [1.29, 1.82) is 0 Å². The molecular weight excluding hydrogens is 380 g/mol. The third-order valence-electron chi connectivity index (χ3n) is 4.56. The van der Waals surface area contributed by atoms with Crippen molar-refractivity contribution >= 4 is 11.8 Å². The molecular formula is C24H24N2O4. The van der Waals surface area contributed by atoms with Gasteiger partial charge in [-0.25, -0.2) is 0 Å². The van der Waals surface area contributed by atoms with Crippen molar-refractivity contribution < 1.29 is 19.1 Å². The number of carbonyl (C=O) groups is 2. The first kappa shape index (κ1) is 20.9. The van der Waals surface area contributed by atoms with E-state index in [2.05, 4.69) is 10.9 Å². The summed E-state index contributed by atoms with van der Waals surface area (Å²) in [6, 6.07) is 26.6. The summed E-state index contributed by atoms with van der Waals surface area (Å²) in [5, 5.41) is 0. The van der Waals surface area contributed by atoms with Crippen LogP contribution >= 0.6 is 0 Å². The SMILES string of the molecule is COc1ccccc1OCC(=O)NNC(=O)CC(c1ccccc1)c1ccccc1. The molecule has 0 spiro atoms. The van der Waals surface area contributed by atoms with Gasteiger partial charge in [-0.1, -0.05) is 72.8 Å². The van der Waals surface area contributed by atoms with E-state index in [1.165, 1.54) is 7.11 Å². The summed E-state index contributed by atoms with van der Waals surface area (Å²) in [4.78, 5) is 24.5. The van der Waals surface area contributed by atoms with Gasteiger partial charge in [0.25, 0.3) is 5.91 Å². The number of ether oxygens (including phenoxy) is 2. The van der Waals surface area contributed by atoms with E-state index in [1.54, 1.807) is 18.2 Å². The summed E-state index contributed by atoms with van der Waals surface area (Å²) in [6.45, 7) is -0.249. The predicted molar refractivity (Wildman–Crippen MR) is 114 cm³/mol. The molecule has 3 aromatic rings. The number of amides is 2. The van der Waals surface area contributed by atoms with E-state index >= 15 is 0 Å². The number of nitrogens with one attached hydrogen (secondary N) is 2. The molecule has 0 unspecified atom stereocenters. The van der Waals surface area contributed by atoms with Crippen molar-refractivity contribution in [2.24, 2.45) is 0 Å². The summed E-state index contributed by atoms with van der Waals surface area (Å²) in [6.07, 6.45) is 0.196. The molecule has 0 bridgehead atoms. The van der Waals surface area contributed by atoms with Crippen LogP contribution in [0.25, 0.3) is 0 Å². The Bertz CT molecular complexity index is 922. The number of carbonyl (C=O) groups excluding carboxylic acids is 2. The van der Waals surface area contributed by atoms with Gasteiger partial charge in [-0.05, 0) is 23.3 Å². The van der Waals surface area contributed by atoms with Crippen LogP contribution in [-0.2, 0) is 9.59 Å².